The highest BCUT2D eigenvalue weighted by atomic mass is 35.5. The highest BCUT2D eigenvalue weighted by Gasteiger charge is 2.12. The Morgan fingerprint density at radius 3 is 2.85 bits per heavy atom. The van der Waals surface area contributed by atoms with E-state index < -0.39 is 0 Å². The molecule has 0 radical (unpaired) electrons. The van der Waals surface area contributed by atoms with Gasteiger partial charge in [-0.15, -0.1) is 21.8 Å². The molecule has 0 aliphatic carbocycles. The van der Waals surface area contributed by atoms with Crippen molar-refractivity contribution in [3.05, 3.63) is 24.5 Å². The summed E-state index contributed by atoms with van der Waals surface area (Å²) in [5.41, 5.74) is 0.760. The van der Waals surface area contributed by atoms with Crippen molar-refractivity contribution in [2.45, 2.75) is 12.3 Å². The van der Waals surface area contributed by atoms with Gasteiger partial charge in [-0.1, -0.05) is 0 Å². The molecule has 4 nitrogen and oxygen atoms in total. The molecule has 0 aromatic carbocycles. The van der Waals surface area contributed by atoms with Gasteiger partial charge in [0, 0.05) is 0 Å². The fourth-order valence-corrected chi connectivity index (χ4v) is 0.986. The normalized spacial score (nSPS) is 13.1. The predicted molar refractivity (Wildman–Crippen MR) is 46.3 cm³/mol. The van der Waals surface area contributed by atoms with Crippen molar-refractivity contribution in [1.82, 2.24) is 10.2 Å². The van der Waals surface area contributed by atoms with Crippen LogP contribution in [0.25, 0.3) is 11.5 Å². The third-order valence-corrected chi connectivity index (χ3v) is 1.74. The number of halogens is 1. The van der Waals surface area contributed by atoms with Crippen LogP contribution in [0.3, 0.4) is 0 Å². The van der Waals surface area contributed by atoms with Crippen molar-refractivity contribution in [1.29, 1.82) is 0 Å². The second kappa shape index (κ2) is 3.22. The molecule has 0 spiro atoms. The molecular weight excluding hydrogens is 192 g/mol. The Balaban J connectivity index is 2.33. The second-order valence-electron chi connectivity index (χ2n) is 2.57. The average molecular weight is 199 g/mol. The number of nitrogens with zero attached hydrogens (tertiary/aromatic N) is 2. The van der Waals surface area contributed by atoms with Crippen molar-refractivity contribution in [3.8, 4) is 11.5 Å². The summed E-state index contributed by atoms with van der Waals surface area (Å²) >= 11 is 5.76. The van der Waals surface area contributed by atoms with E-state index in [2.05, 4.69) is 10.2 Å². The van der Waals surface area contributed by atoms with E-state index in [1.807, 2.05) is 0 Å². The monoisotopic (exact) mass is 198 g/mol. The molecule has 0 fully saturated rings. The lowest BCUT2D eigenvalue weighted by molar-refractivity contribution is 0.505. The van der Waals surface area contributed by atoms with Gasteiger partial charge in [0.25, 0.3) is 5.89 Å². The van der Waals surface area contributed by atoms with Crippen LogP contribution in [0, 0.1) is 0 Å². The minimum absolute atomic E-state index is 0.270. The molecule has 0 amide bonds. The summed E-state index contributed by atoms with van der Waals surface area (Å²) in [7, 11) is 0. The molecule has 1 atom stereocenters. The van der Waals surface area contributed by atoms with E-state index in [4.69, 9.17) is 20.4 Å². The molecule has 68 valence electrons. The topological polar surface area (TPSA) is 52.1 Å². The van der Waals surface area contributed by atoms with Gasteiger partial charge in [0.15, 0.2) is 0 Å². The highest BCUT2D eigenvalue weighted by molar-refractivity contribution is 6.20. The Morgan fingerprint density at radius 1 is 1.46 bits per heavy atom. The van der Waals surface area contributed by atoms with Gasteiger partial charge >= 0.3 is 0 Å². The van der Waals surface area contributed by atoms with Gasteiger partial charge in [0.1, 0.15) is 11.6 Å². The summed E-state index contributed by atoms with van der Waals surface area (Å²) in [5, 5.41) is 7.33. The summed E-state index contributed by atoms with van der Waals surface area (Å²) in [4.78, 5) is 0. The Labute approximate surface area is 79.5 Å². The van der Waals surface area contributed by atoms with Crippen LogP contribution < -0.4 is 0 Å². The molecular formula is C8H7ClN2O2. The van der Waals surface area contributed by atoms with Crippen LogP contribution in [0.1, 0.15) is 18.2 Å². The molecule has 0 aliphatic heterocycles. The molecule has 0 bridgehead atoms. The summed E-state index contributed by atoms with van der Waals surface area (Å²) in [5.74, 6) is 0.842. The van der Waals surface area contributed by atoms with Crippen LogP contribution >= 0.6 is 11.6 Å². The first-order valence-corrected chi connectivity index (χ1v) is 4.21. The van der Waals surface area contributed by atoms with Crippen molar-refractivity contribution < 1.29 is 8.83 Å². The van der Waals surface area contributed by atoms with Gasteiger partial charge < -0.3 is 8.83 Å². The lowest BCUT2D eigenvalue weighted by Crippen LogP contribution is -1.81. The summed E-state index contributed by atoms with van der Waals surface area (Å²) in [6, 6.07) is 1.75. The first kappa shape index (κ1) is 8.31. The highest BCUT2D eigenvalue weighted by Crippen LogP contribution is 2.23. The Bertz CT molecular complexity index is 381. The van der Waals surface area contributed by atoms with Crippen LogP contribution in [0.4, 0.5) is 0 Å². The second-order valence-corrected chi connectivity index (χ2v) is 3.23. The van der Waals surface area contributed by atoms with E-state index in [1.54, 1.807) is 19.3 Å². The Morgan fingerprint density at radius 2 is 2.31 bits per heavy atom. The number of hydrogen-bond acceptors (Lipinski definition) is 4. The van der Waals surface area contributed by atoms with Crippen LogP contribution in [0.15, 0.2) is 27.4 Å². The van der Waals surface area contributed by atoms with Crippen LogP contribution in [-0.4, -0.2) is 10.2 Å². The number of alkyl halides is 1. The van der Waals surface area contributed by atoms with E-state index in [0.717, 1.165) is 5.56 Å². The van der Waals surface area contributed by atoms with E-state index in [1.165, 1.54) is 6.26 Å². The molecule has 0 N–H and O–H groups in total. The van der Waals surface area contributed by atoms with Gasteiger partial charge in [0.2, 0.25) is 5.89 Å². The zero-order valence-electron chi connectivity index (χ0n) is 6.90. The first-order chi connectivity index (χ1) is 6.27. The van der Waals surface area contributed by atoms with Gasteiger partial charge in [-0.05, 0) is 13.0 Å². The number of rotatable bonds is 2. The summed E-state index contributed by atoms with van der Waals surface area (Å²) < 4.78 is 10.2. The standard InChI is InChI=1S/C8H7ClN2O2/c1-5(9)7-10-11-8(13-7)6-2-3-12-4-6/h2-5H,1H3. The molecule has 0 saturated carbocycles. The van der Waals surface area contributed by atoms with E-state index in [9.17, 15) is 0 Å². The van der Waals surface area contributed by atoms with E-state index in [0.29, 0.717) is 11.8 Å². The molecule has 2 heterocycles. The third-order valence-electron chi connectivity index (χ3n) is 1.55. The molecule has 2 aromatic rings. The van der Waals surface area contributed by atoms with Crippen molar-refractivity contribution in [3.63, 3.8) is 0 Å². The molecule has 13 heavy (non-hydrogen) atoms. The lowest BCUT2D eigenvalue weighted by Gasteiger charge is -1.91. The van der Waals surface area contributed by atoms with Crippen molar-refractivity contribution >= 4 is 11.6 Å². The Hall–Kier alpha value is -1.29. The predicted octanol–water partition coefficient (Wildman–Crippen LogP) is 2.63. The molecule has 2 aromatic heterocycles. The van der Waals surface area contributed by atoms with E-state index in [-0.39, 0.29) is 5.38 Å². The molecule has 1 unspecified atom stereocenters. The first-order valence-electron chi connectivity index (χ1n) is 3.77. The number of aromatic nitrogens is 2. The molecule has 0 aliphatic rings. The lowest BCUT2D eigenvalue weighted by atomic mass is 10.3. The van der Waals surface area contributed by atoms with Crippen LogP contribution in [-0.2, 0) is 0 Å². The summed E-state index contributed by atoms with van der Waals surface area (Å²) in [6.45, 7) is 1.77. The van der Waals surface area contributed by atoms with Gasteiger partial charge in [0.05, 0.1) is 11.8 Å². The molecule has 0 saturated heterocycles. The SMILES string of the molecule is CC(Cl)c1nnc(-c2ccoc2)o1. The quantitative estimate of drug-likeness (QED) is 0.696. The minimum Gasteiger partial charge on any atom is -0.472 e. The van der Waals surface area contributed by atoms with Gasteiger partial charge in [-0.2, -0.15) is 0 Å². The van der Waals surface area contributed by atoms with Gasteiger partial charge in [-0.3, -0.25) is 0 Å². The summed E-state index contributed by atoms with van der Waals surface area (Å²) in [6.07, 6.45) is 3.08. The zero-order valence-corrected chi connectivity index (χ0v) is 7.65. The van der Waals surface area contributed by atoms with Crippen LogP contribution in [0.2, 0.25) is 0 Å². The maximum absolute atomic E-state index is 5.76. The van der Waals surface area contributed by atoms with E-state index >= 15 is 0 Å². The minimum atomic E-state index is -0.270. The fraction of sp³-hybridized carbons (Fsp3) is 0.250. The largest absolute Gasteiger partial charge is 0.472 e. The third kappa shape index (κ3) is 1.58. The zero-order chi connectivity index (χ0) is 9.26. The number of hydrogen-bond donors (Lipinski definition) is 0. The fourth-order valence-electron chi connectivity index (χ4n) is 0.898. The van der Waals surface area contributed by atoms with Crippen molar-refractivity contribution in [2.24, 2.45) is 0 Å². The van der Waals surface area contributed by atoms with Gasteiger partial charge in [-0.25, -0.2) is 0 Å². The molecule has 5 heteroatoms. The molecule has 2 rings (SSSR count). The maximum atomic E-state index is 5.76. The smallest absolute Gasteiger partial charge is 0.251 e. The number of furan rings is 1. The van der Waals surface area contributed by atoms with Crippen molar-refractivity contribution in [2.75, 3.05) is 0 Å². The van der Waals surface area contributed by atoms with Crippen LogP contribution in [0.5, 0.6) is 0 Å². The maximum Gasteiger partial charge on any atom is 0.251 e. The average Bonchev–Trinajstić information content (AvgIpc) is 2.75. The Kier molecular flexibility index (Phi) is 2.06.